The van der Waals surface area contributed by atoms with Crippen molar-refractivity contribution in [2.45, 2.75) is 34.2 Å². The summed E-state index contributed by atoms with van der Waals surface area (Å²) in [5, 5.41) is 11.1. The fraction of sp³-hybridized carbons (Fsp3) is 0.400. The van der Waals surface area contributed by atoms with E-state index in [1.807, 2.05) is 24.3 Å². The van der Waals surface area contributed by atoms with Crippen LogP contribution < -0.4 is 15.1 Å². The molecule has 0 aliphatic heterocycles. The summed E-state index contributed by atoms with van der Waals surface area (Å²) in [5.41, 5.74) is 2.16. The van der Waals surface area contributed by atoms with Crippen molar-refractivity contribution < 1.29 is 19.2 Å². The fourth-order valence-electron chi connectivity index (χ4n) is 4.10. The predicted octanol–water partition coefficient (Wildman–Crippen LogP) is 3.87. The summed E-state index contributed by atoms with van der Waals surface area (Å²) in [6.45, 7) is 11.4. The van der Waals surface area contributed by atoms with Crippen molar-refractivity contribution in [1.82, 2.24) is 0 Å². The molecule has 2 N–H and O–H groups in total. The number of rotatable bonds is 8. The molecule has 0 atom stereocenters. The lowest BCUT2D eigenvalue weighted by atomic mass is 10.0. The number of phenolic OH excluding ortho intramolecular Hbond substituents is 1. The number of aromatic hydroxyl groups is 1. The maximum Gasteiger partial charge on any atom is 0.200 e. The normalized spacial score (nSPS) is 11.7. The molecule has 0 radical (unpaired) electrons. The van der Waals surface area contributed by atoms with Crippen LogP contribution in [0.5, 0.6) is 11.5 Å². The molecule has 3 aromatic rings. The van der Waals surface area contributed by atoms with E-state index in [9.17, 15) is 9.90 Å². The highest BCUT2D eigenvalue weighted by Crippen LogP contribution is 2.31. The first-order chi connectivity index (χ1) is 14.3. The molecule has 0 spiro atoms. The van der Waals surface area contributed by atoms with Gasteiger partial charge in [0.15, 0.2) is 0 Å². The second kappa shape index (κ2) is 9.35. The Morgan fingerprint density at radius 2 is 1.67 bits per heavy atom. The van der Waals surface area contributed by atoms with Crippen molar-refractivity contribution in [3.8, 4) is 22.6 Å². The molecule has 160 valence electrons. The van der Waals surface area contributed by atoms with E-state index in [-0.39, 0.29) is 11.2 Å². The van der Waals surface area contributed by atoms with Crippen molar-refractivity contribution >= 4 is 11.0 Å². The van der Waals surface area contributed by atoms with E-state index in [2.05, 4.69) is 27.7 Å². The highest BCUT2D eigenvalue weighted by molar-refractivity contribution is 5.86. The molecule has 0 fully saturated rings. The average molecular weight is 411 g/mol. The van der Waals surface area contributed by atoms with E-state index >= 15 is 0 Å². The van der Waals surface area contributed by atoms with Gasteiger partial charge in [0.05, 0.1) is 36.7 Å². The fourth-order valence-corrected chi connectivity index (χ4v) is 4.10. The maximum absolute atomic E-state index is 13.3. The van der Waals surface area contributed by atoms with Crippen molar-refractivity contribution in [3.63, 3.8) is 0 Å². The largest absolute Gasteiger partial charge is 0.507 e. The molecule has 1 aromatic heterocycles. The Morgan fingerprint density at radius 1 is 1.00 bits per heavy atom. The lowest BCUT2D eigenvalue weighted by Gasteiger charge is -2.24. The Kier molecular flexibility index (Phi) is 6.83. The minimum absolute atomic E-state index is 0.128. The van der Waals surface area contributed by atoms with Crippen LogP contribution in [0.2, 0.25) is 0 Å². The SMILES string of the molecule is COc1ccccc1-c1coc2c(C[NH+](CC(C)C)CC(C)C)c(O)ccc2c1=O. The summed E-state index contributed by atoms with van der Waals surface area (Å²) in [7, 11) is 1.58. The highest BCUT2D eigenvalue weighted by Gasteiger charge is 2.21. The van der Waals surface area contributed by atoms with Crippen LogP contribution in [0.25, 0.3) is 22.1 Å². The number of phenols is 1. The Morgan fingerprint density at radius 3 is 2.30 bits per heavy atom. The zero-order valence-corrected chi connectivity index (χ0v) is 18.5. The summed E-state index contributed by atoms with van der Waals surface area (Å²) in [6, 6.07) is 10.6. The Bertz CT molecular complexity index is 1060. The second-order valence-electron chi connectivity index (χ2n) is 8.74. The van der Waals surface area contributed by atoms with Crippen LogP contribution in [-0.2, 0) is 6.54 Å². The first-order valence-corrected chi connectivity index (χ1v) is 10.5. The van der Waals surface area contributed by atoms with Gasteiger partial charge < -0.3 is 19.2 Å². The average Bonchev–Trinajstić information content (AvgIpc) is 2.69. The van der Waals surface area contributed by atoms with Crippen molar-refractivity contribution in [2.24, 2.45) is 11.8 Å². The number of hydrogen-bond acceptors (Lipinski definition) is 4. The first-order valence-electron chi connectivity index (χ1n) is 10.5. The number of methoxy groups -OCH3 is 1. The Labute approximate surface area is 177 Å². The molecular weight excluding hydrogens is 378 g/mol. The lowest BCUT2D eigenvalue weighted by molar-refractivity contribution is -0.919. The third kappa shape index (κ3) is 4.68. The van der Waals surface area contributed by atoms with Gasteiger partial charge in [-0.2, -0.15) is 0 Å². The molecule has 0 amide bonds. The van der Waals surface area contributed by atoms with E-state index in [0.29, 0.717) is 51.8 Å². The summed E-state index contributed by atoms with van der Waals surface area (Å²) in [5.74, 6) is 1.84. The molecule has 0 bridgehead atoms. The van der Waals surface area contributed by atoms with Gasteiger partial charge >= 0.3 is 0 Å². The number of fused-ring (bicyclic) bond motifs is 1. The van der Waals surface area contributed by atoms with Gasteiger partial charge in [-0.1, -0.05) is 45.9 Å². The number of ether oxygens (including phenoxy) is 1. The molecule has 30 heavy (non-hydrogen) atoms. The van der Waals surface area contributed by atoms with Gasteiger partial charge in [-0.05, 0) is 18.2 Å². The Hall–Kier alpha value is -2.79. The molecule has 0 saturated heterocycles. The Balaban J connectivity index is 2.10. The maximum atomic E-state index is 13.3. The predicted molar refractivity (Wildman–Crippen MR) is 120 cm³/mol. The third-order valence-corrected chi connectivity index (χ3v) is 5.24. The summed E-state index contributed by atoms with van der Waals surface area (Å²) in [4.78, 5) is 14.7. The summed E-state index contributed by atoms with van der Waals surface area (Å²) in [6.07, 6.45) is 1.48. The molecule has 0 unspecified atom stereocenters. The quantitative estimate of drug-likeness (QED) is 0.592. The smallest absolute Gasteiger partial charge is 0.200 e. The molecule has 0 saturated carbocycles. The van der Waals surface area contributed by atoms with Crippen LogP contribution in [-0.4, -0.2) is 25.3 Å². The van der Waals surface area contributed by atoms with Crippen LogP contribution in [0.15, 0.2) is 51.9 Å². The van der Waals surface area contributed by atoms with Gasteiger partial charge in [-0.15, -0.1) is 0 Å². The molecule has 5 heteroatoms. The number of nitrogens with one attached hydrogen (secondary N) is 1. The molecular formula is C25H32NO4+. The van der Waals surface area contributed by atoms with Gasteiger partial charge in [0.1, 0.15) is 29.9 Å². The molecule has 5 nitrogen and oxygen atoms in total. The standard InChI is InChI=1S/C25H31NO4/c1-16(2)12-26(13-17(3)4)14-20-22(27)11-10-19-24(28)21(15-30-25(19)20)18-8-6-7-9-23(18)29-5/h6-11,15-17,27H,12-14H2,1-5H3/p+1. The number of benzene rings is 2. The van der Waals surface area contributed by atoms with E-state index < -0.39 is 0 Å². The molecule has 1 heterocycles. The van der Waals surface area contributed by atoms with Crippen molar-refractivity contribution in [2.75, 3.05) is 20.2 Å². The van der Waals surface area contributed by atoms with E-state index in [1.165, 1.54) is 11.2 Å². The van der Waals surface area contributed by atoms with E-state index in [0.717, 1.165) is 13.1 Å². The second-order valence-corrected chi connectivity index (χ2v) is 8.74. The van der Waals surface area contributed by atoms with E-state index in [4.69, 9.17) is 9.15 Å². The number of quaternary nitrogens is 1. The molecule has 3 rings (SSSR count). The zero-order chi connectivity index (χ0) is 21.8. The van der Waals surface area contributed by atoms with Gasteiger partial charge in [0.2, 0.25) is 5.43 Å². The number of para-hydroxylation sites is 1. The topological polar surface area (TPSA) is 64.1 Å². The van der Waals surface area contributed by atoms with Crippen LogP contribution in [0, 0.1) is 11.8 Å². The third-order valence-electron chi connectivity index (χ3n) is 5.24. The minimum atomic E-state index is -0.128. The molecule has 2 aromatic carbocycles. The highest BCUT2D eigenvalue weighted by atomic mass is 16.5. The van der Waals surface area contributed by atoms with E-state index in [1.54, 1.807) is 19.2 Å². The number of hydrogen-bond donors (Lipinski definition) is 2. The monoisotopic (exact) mass is 410 g/mol. The lowest BCUT2D eigenvalue weighted by Crippen LogP contribution is -3.11. The first kappa shape index (κ1) is 21.9. The van der Waals surface area contributed by atoms with Crippen molar-refractivity contribution in [1.29, 1.82) is 0 Å². The van der Waals surface area contributed by atoms with Crippen molar-refractivity contribution in [3.05, 3.63) is 58.4 Å². The van der Waals surface area contributed by atoms with Crippen LogP contribution in [0.1, 0.15) is 33.3 Å². The molecule has 0 aliphatic carbocycles. The van der Waals surface area contributed by atoms with Gasteiger partial charge in [-0.25, -0.2) is 0 Å². The zero-order valence-electron chi connectivity index (χ0n) is 18.5. The van der Waals surface area contributed by atoms with Crippen LogP contribution >= 0.6 is 0 Å². The van der Waals surface area contributed by atoms with Crippen LogP contribution in [0.4, 0.5) is 0 Å². The minimum Gasteiger partial charge on any atom is -0.507 e. The van der Waals surface area contributed by atoms with Gasteiger partial charge in [0, 0.05) is 17.4 Å². The van der Waals surface area contributed by atoms with Gasteiger partial charge in [0.25, 0.3) is 0 Å². The summed E-state index contributed by atoms with van der Waals surface area (Å²) >= 11 is 0. The molecule has 0 aliphatic rings. The van der Waals surface area contributed by atoms with Gasteiger partial charge in [-0.3, -0.25) is 4.79 Å². The summed E-state index contributed by atoms with van der Waals surface area (Å²) < 4.78 is 11.4. The van der Waals surface area contributed by atoms with Crippen LogP contribution in [0.3, 0.4) is 0 Å².